The predicted octanol–water partition coefficient (Wildman–Crippen LogP) is 7.12. The summed E-state index contributed by atoms with van der Waals surface area (Å²) >= 11 is 6.49. The summed E-state index contributed by atoms with van der Waals surface area (Å²) in [4.78, 5) is 25.3. The van der Waals surface area contributed by atoms with Crippen LogP contribution in [0.2, 0.25) is 0 Å². The van der Waals surface area contributed by atoms with Crippen LogP contribution >= 0.6 is 6.04 Å². The minimum absolute atomic E-state index is 0.0588. The van der Waals surface area contributed by atoms with Gasteiger partial charge < -0.3 is 15.2 Å². The van der Waals surface area contributed by atoms with Gasteiger partial charge >= 0.3 is 12.1 Å². The number of fused-ring (bicyclic) bond motifs is 3. The third kappa shape index (κ3) is 5.66. The maximum Gasteiger partial charge on any atom is 0.407 e. The molecule has 0 aliphatic heterocycles. The van der Waals surface area contributed by atoms with Gasteiger partial charge in [0, 0.05) is 12.1 Å². The molecule has 0 heterocycles. The lowest BCUT2D eigenvalue weighted by atomic mass is 9.98. The Balaban J connectivity index is 1.28. The van der Waals surface area contributed by atoms with Crippen molar-refractivity contribution in [2.45, 2.75) is 87.5 Å². The fourth-order valence-corrected chi connectivity index (χ4v) is 13.1. The fourth-order valence-electron chi connectivity index (χ4n) is 6.89. The molecule has 5 rings (SSSR count). The third-order valence-corrected chi connectivity index (χ3v) is 15.5. The van der Waals surface area contributed by atoms with Crippen molar-refractivity contribution in [2.24, 2.45) is 0 Å². The van der Waals surface area contributed by atoms with E-state index in [1.807, 2.05) is 24.3 Å². The van der Waals surface area contributed by atoms with Crippen LogP contribution in [-0.4, -0.2) is 47.3 Å². The Labute approximate surface area is 225 Å². The van der Waals surface area contributed by atoms with Crippen LogP contribution in [0.25, 0.3) is 11.1 Å². The van der Waals surface area contributed by atoms with E-state index in [-0.39, 0.29) is 12.5 Å². The van der Waals surface area contributed by atoms with Gasteiger partial charge in [-0.25, -0.2) is 9.59 Å². The number of benzene rings is 2. The van der Waals surface area contributed by atoms with E-state index < -0.39 is 24.1 Å². The molecular weight excluding hydrogens is 501 g/mol. The van der Waals surface area contributed by atoms with Gasteiger partial charge in [0.05, 0.1) is 0 Å². The highest BCUT2D eigenvalue weighted by Gasteiger charge is 2.41. The van der Waals surface area contributed by atoms with Gasteiger partial charge in [-0.05, 0) is 65.3 Å². The van der Waals surface area contributed by atoms with Gasteiger partial charge in [0.15, 0.2) is 0 Å². The molecule has 3 aliphatic carbocycles. The molecule has 2 fully saturated rings. The molecule has 7 heteroatoms. The molecule has 2 aromatic carbocycles. The number of rotatable bonds is 8. The van der Waals surface area contributed by atoms with Crippen molar-refractivity contribution >= 4 is 29.9 Å². The number of amides is 1. The van der Waals surface area contributed by atoms with Crippen LogP contribution in [0.1, 0.15) is 81.3 Å². The molecule has 0 spiro atoms. The Hall–Kier alpha value is -2.17. The van der Waals surface area contributed by atoms with E-state index in [1.165, 1.54) is 38.5 Å². The maximum atomic E-state index is 13.0. The Morgan fingerprint density at radius 1 is 0.865 bits per heavy atom. The molecule has 0 radical (unpaired) electrons. The van der Waals surface area contributed by atoms with Crippen LogP contribution in [0.3, 0.4) is 0 Å². The molecule has 3 aliphatic rings. The Bertz CT molecular complexity index is 1100. The lowest BCUT2D eigenvalue weighted by Crippen LogP contribution is -2.45. The molecule has 0 saturated heterocycles. The Morgan fingerprint density at radius 2 is 1.35 bits per heavy atom. The molecule has 0 aromatic heterocycles. The minimum Gasteiger partial charge on any atom is -0.480 e. The minimum atomic E-state index is -1.98. The highest BCUT2D eigenvalue weighted by atomic mass is 32.4. The second-order valence-corrected chi connectivity index (χ2v) is 16.6. The van der Waals surface area contributed by atoms with E-state index in [1.54, 1.807) is 0 Å². The molecule has 0 bridgehead atoms. The highest BCUT2D eigenvalue weighted by Crippen LogP contribution is 2.63. The molecular formula is C30H38NO4PS. The number of nitrogens with one attached hydrogen (secondary N) is 1. The standard InChI is InChI=1S/C30H38NO4PS/c32-29(33)28(20-36(37,21-11-3-1-4-12-21)22-13-5-2-6-14-22)31-30(34)35-19-27-25-17-9-7-15-23(25)24-16-8-10-18-26(24)27/h7-10,15-18,21-22,27-28H,1-6,11-14,19-20H2,(H,31,34)(H,32,33)/t28-/m0/s1. The zero-order valence-electron chi connectivity index (χ0n) is 21.4. The van der Waals surface area contributed by atoms with E-state index in [4.69, 9.17) is 16.5 Å². The second kappa shape index (κ2) is 11.7. The second-order valence-electron chi connectivity index (χ2n) is 11.0. The molecule has 1 atom stereocenters. The number of aliphatic carboxylic acids is 1. The van der Waals surface area contributed by atoms with Gasteiger partial charge in [0.2, 0.25) is 0 Å². The van der Waals surface area contributed by atoms with E-state index in [9.17, 15) is 14.7 Å². The quantitative estimate of drug-likeness (QED) is 0.349. The molecule has 2 aromatic rings. The zero-order chi connectivity index (χ0) is 25.8. The zero-order valence-corrected chi connectivity index (χ0v) is 23.2. The van der Waals surface area contributed by atoms with Crippen LogP contribution in [0.15, 0.2) is 48.5 Å². The van der Waals surface area contributed by atoms with Gasteiger partial charge in [-0.15, -0.1) is 0 Å². The predicted molar refractivity (Wildman–Crippen MR) is 153 cm³/mol. The summed E-state index contributed by atoms with van der Waals surface area (Å²) in [5.74, 6) is -1.06. The summed E-state index contributed by atoms with van der Waals surface area (Å²) in [6.45, 7) is 0.172. The van der Waals surface area contributed by atoms with Crippen molar-refractivity contribution in [1.29, 1.82) is 0 Å². The van der Waals surface area contributed by atoms with Gasteiger partial charge in [-0.2, -0.15) is 0 Å². The van der Waals surface area contributed by atoms with Crippen LogP contribution in [0.5, 0.6) is 0 Å². The van der Waals surface area contributed by atoms with Crippen molar-refractivity contribution in [3.63, 3.8) is 0 Å². The van der Waals surface area contributed by atoms with E-state index >= 15 is 0 Å². The molecule has 1 amide bonds. The first kappa shape index (κ1) is 26.4. The molecule has 2 saturated carbocycles. The van der Waals surface area contributed by atoms with Crippen molar-refractivity contribution in [1.82, 2.24) is 5.32 Å². The molecule has 0 unspecified atom stereocenters. The van der Waals surface area contributed by atoms with E-state index in [0.717, 1.165) is 47.9 Å². The normalized spacial score (nSPS) is 19.6. The highest BCUT2D eigenvalue weighted by molar-refractivity contribution is 8.15. The average molecular weight is 540 g/mol. The fraction of sp³-hybridized carbons (Fsp3) is 0.533. The maximum absolute atomic E-state index is 13.0. The monoisotopic (exact) mass is 539 g/mol. The summed E-state index contributed by atoms with van der Waals surface area (Å²) in [7, 11) is 0. The first-order valence-corrected chi connectivity index (χ1v) is 17.0. The summed E-state index contributed by atoms with van der Waals surface area (Å²) in [5.41, 5.74) is 5.50. The summed E-state index contributed by atoms with van der Waals surface area (Å²) < 4.78 is 5.69. The molecule has 5 nitrogen and oxygen atoms in total. The van der Waals surface area contributed by atoms with Crippen molar-refractivity contribution in [3.8, 4) is 11.1 Å². The SMILES string of the molecule is O=C(N[C@@H](CP(=S)(C1CCCCC1)C1CCCCC1)C(=O)O)OCC1c2ccccc2-c2ccccc21. The number of carboxylic acid groups (broad SMARTS) is 1. The van der Waals surface area contributed by atoms with Gasteiger partial charge in [0.25, 0.3) is 0 Å². The van der Waals surface area contributed by atoms with E-state index in [2.05, 4.69) is 29.6 Å². The molecule has 198 valence electrons. The van der Waals surface area contributed by atoms with E-state index in [0.29, 0.717) is 17.5 Å². The van der Waals surface area contributed by atoms with Crippen LogP contribution in [-0.2, 0) is 21.3 Å². The largest absolute Gasteiger partial charge is 0.480 e. The van der Waals surface area contributed by atoms with Crippen molar-refractivity contribution in [2.75, 3.05) is 12.8 Å². The Morgan fingerprint density at radius 3 is 1.84 bits per heavy atom. The average Bonchev–Trinajstić information content (AvgIpc) is 3.26. The van der Waals surface area contributed by atoms with Crippen LogP contribution in [0.4, 0.5) is 4.79 Å². The van der Waals surface area contributed by atoms with Gasteiger partial charge in [-0.3, -0.25) is 0 Å². The third-order valence-electron chi connectivity index (χ3n) is 8.79. The number of carbonyl (C=O) groups excluding carboxylic acids is 1. The number of carbonyl (C=O) groups is 2. The first-order chi connectivity index (χ1) is 18.0. The number of ether oxygens (including phenoxy) is 1. The number of hydrogen-bond acceptors (Lipinski definition) is 4. The lowest BCUT2D eigenvalue weighted by molar-refractivity contribution is -0.138. The summed E-state index contributed by atoms with van der Waals surface area (Å²) in [5, 5.41) is 12.8. The summed E-state index contributed by atoms with van der Waals surface area (Å²) in [6, 6.07) is 13.4. The number of alkyl carbamates (subject to hydrolysis) is 1. The Kier molecular flexibility index (Phi) is 8.36. The summed E-state index contributed by atoms with van der Waals surface area (Å²) in [6.07, 6.45) is 11.4. The van der Waals surface area contributed by atoms with Crippen LogP contribution in [0, 0.1) is 0 Å². The first-order valence-electron chi connectivity index (χ1n) is 13.9. The molecule has 37 heavy (non-hydrogen) atoms. The smallest absolute Gasteiger partial charge is 0.407 e. The lowest BCUT2D eigenvalue weighted by Gasteiger charge is -2.42. The van der Waals surface area contributed by atoms with Gasteiger partial charge in [0.1, 0.15) is 12.6 Å². The van der Waals surface area contributed by atoms with Crippen molar-refractivity contribution in [3.05, 3.63) is 59.7 Å². The topological polar surface area (TPSA) is 75.6 Å². The number of hydrogen-bond donors (Lipinski definition) is 2. The number of carboxylic acids is 1. The van der Waals surface area contributed by atoms with Crippen molar-refractivity contribution < 1.29 is 19.4 Å². The van der Waals surface area contributed by atoms with Gasteiger partial charge in [-0.1, -0.05) is 98.9 Å². The molecule has 2 N–H and O–H groups in total. The van der Waals surface area contributed by atoms with Crippen LogP contribution < -0.4 is 5.32 Å².